The molecule has 5 rings (SSSR count). The topological polar surface area (TPSA) is 66.9 Å². The molecule has 0 radical (unpaired) electrons. The van der Waals surface area contributed by atoms with Gasteiger partial charge in [0, 0.05) is 25.0 Å². The van der Waals surface area contributed by atoms with Crippen molar-refractivity contribution in [2.24, 2.45) is 0 Å². The van der Waals surface area contributed by atoms with Crippen LogP contribution in [0, 0.1) is 5.82 Å². The second-order valence-corrected chi connectivity index (χ2v) is 9.58. The fourth-order valence-electron chi connectivity index (χ4n) is 4.29. The SMILES string of the molecule is O=C(C1=CN(c2ccc3c(c2)CCC3)c2cc(F)ccc2S1(=O)=O)N1CCOCC1. The van der Waals surface area contributed by atoms with Gasteiger partial charge in [0.2, 0.25) is 9.84 Å². The number of carbonyl (C=O) groups excluding carboxylic acids is 1. The molecule has 2 aromatic rings. The van der Waals surface area contributed by atoms with Crippen molar-refractivity contribution in [2.45, 2.75) is 24.2 Å². The summed E-state index contributed by atoms with van der Waals surface area (Å²) >= 11 is 0. The van der Waals surface area contributed by atoms with Crippen LogP contribution < -0.4 is 4.90 Å². The van der Waals surface area contributed by atoms with Gasteiger partial charge in [0.25, 0.3) is 5.91 Å². The zero-order valence-electron chi connectivity index (χ0n) is 16.3. The van der Waals surface area contributed by atoms with E-state index in [4.69, 9.17) is 4.74 Å². The molecule has 2 aliphatic heterocycles. The maximum absolute atomic E-state index is 14.1. The molecule has 6 nitrogen and oxygen atoms in total. The highest BCUT2D eigenvalue weighted by Gasteiger charge is 2.38. The third-order valence-corrected chi connectivity index (χ3v) is 7.66. The van der Waals surface area contributed by atoms with Crippen molar-refractivity contribution in [3.8, 4) is 0 Å². The van der Waals surface area contributed by atoms with Crippen LogP contribution in [0.1, 0.15) is 17.5 Å². The van der Waals surface area contributed by atoms with Crippen LogP contribution in [0.2, 0.25) is 0 Å². The first-order valence-electron chi connectivity index (χ1n) is 10.00. The van der Waals surface area contributed by atoms with Gasteiger partial charge in [-0.1, -0.05) is 6.07 Å². The molecule has 0 N–H and O–H groups in total. The van der Waals surface area contributed by atoms with Crippen LogP contribution in [-0.2, 0) is 32.2 Å². The lowest BCUT2D eigenvalue weighted by atomic mass is 10.1. The van der Waals surface area contributed by atoms with Gasteiger partial charge in [0.1, 0.15) is 5.82 Å². The molecule has 1 saturated heterocycles. The van der Waals surface area contributed by atoms with Gasteiger partial charge in [-0.3, -0.25) is 4.79 Å². The summed E-state index contributed by atoms with van der Waals surface area (Å²) < 4.78 is 45.9. The first-order chi connectivity index (χ1) is 14.4. The molecule has 1 aliphatic carbocycles. The molecule has 1 amide bonds. The highest BCUT2D eigenvalue weighted by molar-refractivity contribution is 7.96. The number of amides is 1. The Labute approximate surface area is 174 Å². The van der Waals surface area contributed by atoms with Crippen molar-refractivity contribution < 1.29 is 22.3 Å². The Kier molecular flexibility index (Phi) is 4.63. The van der Waals surface area contributed by atoms with Gasteiger partial charge in [0.05, 0.1) is 23.8 Å². The van der Waals surface area contributed by atoms with Crippen LogP contribution in [0.15, 0.2) is 52.4 Å². The molecule has 0 bridgehead atoms. The van der Waals surface area contributed by atoms with Crippen LogP contribution in [0.4, 0.5) is 15.8 Å². The number of rotatable bonds is 2. The number of carbonyl (C=O) groups is 1. The molecule has 3 aliphatic rings. The monoisotopic (exact) mass is 428 g/mol. The largest absolute Gasteiger partial charge is 0.378 e. The zero-order chi connectivity index (χ0) is 20.9. The van der Waals surface area contributed by atoms with Crippen molar-refractivity contribution >= 4 is 27.1 Å². The Morgan fingerprint density at radius 2 is 1.77 bits per heavy atom. The number of hydrogen-bond donors (Lipinski definition) is 0. The summed E-state index contributed by atoms with van der Waals surface area (Å²) in [5, 5.41) is 0. The van der Waals surface area contributed by atoms with E-state index < -0.39 is 21.6 Å². The maximum atomic E-state index is 14.1. The van der Waals surface area contributed by atoms with Crippen LogP contribution in [0.5, 0.6) is 0 Å². The first-order valence-corrected chi connectivity index (χ1v) is 11.5. The van der Waals surface area contributed by atoms with E-state index in [9.17, 15) is 17.6 Å². The van der Waals surface area contributed by atoms with E-state index in [1.807, 2.05) is 18.2 Å². The van der Waals surface area contributed by atoms with Gasteiger partial charge >= 0.3 is 0 Å². The zero-order valence-corrected chi connectivity index (χ0v) is 17.1. The molecule has 0 saturated carbocycles. The summed E-state index contributed by atoms with van der Waals surface area (Å²) in [6.45, 7) is 1.41. The lowest BCUT2D eigenvalue weighted by Gasteiger charge is -2.32. The Hall–Kier alpha value is -2.71. The van der Waals surface area contributed by atoms with E-state index in [2.05, 4.69) is 0 Å². The Bertz CT molecular complexity index is 1170. The van der Waals surface area contributed by atoms with E-state index in [1.54, 1.807) is 4.90 Å². The molecule has 2 heterocycles. The first kappa shape index (κ1) is 19.3. The molecule has 0 aromatic heterocycles. The van der Waals surface area contributed by atoms with Crippen molar-refractivity contribution in [1.82, 2.24) is 4.90 Å². The lowest BCUT2D eigenvalue weighted by Crippen LogP contribution is -2.43. The van der Waals surface area contributed by atoms with Crippen molar-refractivity contribution in [2.75, 3.05) is 31.2 Å². The van der Waals surface area contributed by atoms with Crippen LogP contribution >= 0.6 is 0 Å². The Morgan fingerprint density at radius 1 is 1.00 bits per heavy atom. The summed E-state index contributed by atoms with van der Waals surface area (Å²) in [7, 11) is -4.08. The number of morpholine rings is 1. The molecule has 8 heteroatoms. The van der Waals surface area contributed by atoms with E-state index in [-0.39, 0.29) is 15.5 Å². The highest BCUT2D eigenvalue weighted by Crippen LogP contribution is 2.41. The minimum atomic E-state index is -4.08. The van der Waals surface area contributed by atoms with Gasteiger partial charge in [-0.05, 0) is 60.7 Å². The minimum Gasteiger partial charge on any atom is -0.378 e. The molecular weight excluding hydrogens is 407 g/mol. The Balaban J connectivity index is 1.65. The van der Waals surface area contributed by atoms with Crippen LogP contribution in [-0.4, -0.2) is 45.5 Å². The number of nitrogens with zero attached hydrogens (tertiary/aromatic N) is 2. The standard InChI is InChI=1S/C22H21FN2O4S/c23-17-5-7-20-19(13-17)25(18-6-4-15-2-1-3-16(15)12-18)14-21(30(20,27)28)22(26)24-8-10-29-11-9-24/h4-7,12-14H,1-3,8-11H2. The summed E-state index contributed by atoms with van der Waals surface area (Å²) in [4.78, 5) is 15.9. The predicted octanol–water partition coefficient (Wildman–Crippen LogP) is 2.94. The highest BCUT2D eigenvalue weighted by atomic mass is 32.2. The second kappa shape index (κ2) is 7.21. The maximum Gasteiger partial charge on any atom is 0.267 e. The molecule has 30 heavy (non-hydrogen) atoms. The van der Waals surface area contributed by atoms with Crippen molar-refractivity contribution in [1.29, 1.82) is 0 Å². The van der Waals surface area contributed by atoms with Gasteiger partial charge in [-0.25, -0.2) is 12.8 Å². The number of aryl methyl sites for hydroxylation is 2. The third kappa shape index (κ3) is 3.11. The van der Waals surface area contributed by atoms with Gasteiger partial charge < -0.3 is 14.5 Å². The quantitative estimate of drug-likeness (QED) is 0.688. The molecule has 0 atom stereocenters. The number of fused-ring (bicyclic) bond motifs is 2. The van der Waals surface area contributed by atoms with Crippen molar-refractivity contribution in [3.63, 3.8) is 0 Å². The number of anilines is 2. The van der Waals surface area contributed by atoms with Gasteiger partial charge in [-0.15, -0.1) is 0 Å². The summed E-state index contributed by atoms with van der Waals surface area (Å²) in [5.41, 5.74) is 3.40. The smallest absolute Gasteiger partial charge is 0.267 e. The minimum absolute atomic E-state index is 0.0662. The molecule has 0 unspecified atom stereocenters. The van der Waals surface area contributed by atoms with E-state index in [0.717, 1.165) is 25.3 Å². The fourth-order valence-corrected chi connectivity index (χ4v) is 5.81. The van der Waals surface area contributed by atoms with Crippen molar-refractivity contribution in [3.05, 3.63) is 64.4 Å². The van der Waals surface area contributed by atoms with Crippen LogP contribution in [0.25, 0.3) is 0 Å². The summed E-state index contributed by atoms with van der Waals surface area (Å²) in [6.07, 6.45) is 4.39. The predicted molar refractivity (Wildman–Crippen MR) is 110 cm³/mol. The molecule has 1 fully saturated rings. The van der Waals surface area contributed by atoms with Gasteiger partial charge in [-0.2, -0.15) is 0 Å². The van der Waals surface area contributed by atoms with E-state index >= 15 is 0 Å². The molecule has 2 aromatic carbocycles. The molecular formula is C22H21FN2O4S. The number of sulfone groups is 1. The number of halogens is 1. The summed E-state index contributed by atoms with van der Waals surface area (Å²) in [6, 6.07) is 9.47. The number of ether oxygens (including phenoxy) is 1. The molecule has 0 spiro atoms. The lowest BCUT2D eigenvalue weighted by molar-refractivity contribution is -0.130. The average Bonchev–Trinajstić information content (AvgIpc) is 3.21. The Morgan fingerprint density at radius 3 is 2.57 bits per heavy atom. The summed E-state index contributed by atoms with van der Waals surface area (Å²) in [5.74, 6) is -1.09. The third-order valence-electron chi connectivity index (χ3n) is 5.88. The van der Waals surface area contributed by atoms with Gasteiger partial charge in [0.15, 0.2) is 4.91 Å². The van der Waals surface area contributed by atoms with Crippen LogP contribution in [0.3, 0.4) is 0 Å². The average molecular weight is 428 g/mol. The van der Waals surface area contributed by atoms with E-state index in [0.29, 0.717) is 32.0 Å². The number of benzene rings is 2. The normalized spacial score (nSPS) is 19.8. The number of hydrogen-bond acceptors (Lipinski definition) is 5. The molecule has 156 valence electrons. The second-order valence-electron chi connectivity index (χ2n) is 7.69. The van der Waals surface area contributed by atoms with E-state index in [1.165, 1.54) is 34.4 Å². The fraction of sp³-hybridized carbons (Fsp3) is 0.318.